The highest BCUT2D eigenvalue weighted by molar-refractivity contribution is 8.00. The lowest BCUT2D eigenvalue weighted by Gasteiger charge is -2.01. The lowest BCUT2D eigenvalue weighted by molar-refractivity contribution is 0.684. The molecule has 0 amide bonds. The number of thioether (sulfide) groups is 1. The first-order valence-electron chi connectivity index (χ1n) is 5.05. The number of rotatable bonds is 7. The fourth-order valence-electron chi connectivity index (χ4n) is 1.18. The summed E-state index contributed by atoms with van der Waals surface area (Å²) in [6, 6.07) is 0. The van der Waals surface area contributed by atoms with Crippen molar-refractivity contribution in [3.63, 3.8) is 0 Å². The van der Waals surface area contributed by atoms with Crippen molar-refractivity contribution in [2.24, 2.45) is 0 Å². The smallest absolute Gasteiger partial charge is 0.149 e. The molecule has 0 bridgehead atoms. The first-order valence-corrected chi connectivity index (χ1v) is 7.80. The van der Waals surface area contributed by atoms with Crippen molar-refractivity contribution in [2.75, 3.05) is 12.3 Å². The van der Waals surface area contributed by atoms with Gasteiger partial charge in [-0.3, -0.25) is 4.98 Å². The molecule has 2 rings (SSSR count). The quantitative estimate of drug-likeness (QED) is 0.621. The van der Waals surface area contributed by atoms with Gasteiger partial charge in [0.15, 0.2) is 0 Å². The van der Waals surface area contributed by atoms with E-state index in [1.807, 2.05) is 35.0 Å². The highest BCUT2D eigenvalue weighted by Gasteiger charge is 1.96. The Bertz CT molecular complexity index is 334. The predicted octanol–water partition coefficient (Wildman–Crippen LogP) is 2.87. The largest absolute Gasteiger partial charge is 0.312 e. The van der Waals surface area contributed by atoms with E-state index in [1.54, 1.807) is 22.7 Å². The molecule has 0 aliphatic heterocycles. The van der Waals surface area contributed by atoms with Crippen LogP contribution in [-0.4, -0.2) is 22.3 Å². The number of thiazole rings is 2. The summed E-state index contributed by atoms with van der Waals surface area (Å²) in [7, 11) is 0. The van der Waals surface area contributed by atoms with Crippen LogP contribution in [0.25, 0.3) is 0 Å². The van der Waals surface area contributed by atoms with Crippen molar-refractivity contribution in [3.8, 4) is 0 Å². The Balaban J connectivity index is 1.49. The van der Waals surface area contributed by atoms with Crippen molar-refractivity contribution < 1.29 is 0 Å². The molecular weight excluding hydrogens is 258 g/mol. The van der Waals surface area contributed by atoms with E-state index in [-0.39, 0.29) is 0 Å². The summed E-state index contributed by atoms with van der Waals surface area (Å²) in [4.78, 5) is 9.57. The molecule has 1 N–H and O–H groups in total. The van der Waals surface area contributed by atoms with E-state index in [9.17, 15) is 0 Å². The van der Waals surface area contributed by atoms with Crippen molar-refractivity contribution in [2.45, 2.75) is 17.3 Å². The zero-order chi connectivity index (χ0) is 11.1. The third-order valence-electron chi connectivity index (χ3n) is 1.92. The molecule has 3 nitrogen and oxygen atoms in total. The predicted molar refractivity (Wildman–Crippen MR) is 71.3 cm³/mol. The van der Waals surface area contributed by atoms with Crippen LogP contribution in [0.3, 0.4) is 0 Å². The van der Waals surface area contributed by atoms with Gasteiger partial charge in [0.1, 0.15) is 4.34 Å². The Kier molecular flexibility index (Phi) is 5.27. The van der Waals surface area contributed by atoms with Gasteiger partial charge in [-0.15, -0.1) is 22.7 Å². The average molecular weight is 271 g/mol. The number of nitrogens with zero attached hydrogens (tertiary/aromatic N) is 2. The third kappa shape index (κ3) is 4.21. The summed E-state index contributed by atoms with van der Waals surface area (Å²) in [6.45, 7) is 1.99. The minimum Gasteiger partial charge on any atom is -0.312 e. The van der Waals surface area contributed by atoms with Gasteiger partial charge in [-0.2, -0.15) is 0 Å². The Morgan fingerprint density at radius 1 is 1.38 bits per heavy atom. The Morgan fingerprint density at radius 3 is 3.12 bits per heavy atom. The van der Waals surface area contributed by atoms with Crippen LogP contribution in [0, 0.1) is 0 Å². The average Bonchev–Trinajstić information content (AvgIpc) is 2.96. The highest BCUT2D eigenvalue weighted by Crippen LogP contribution is 2.20. The van der Waals surface area contributed by atoms with Crippen LogP contribution in [0.5, 0.6) is 0 Å². The van der Waals surface area contributed by atoms with Gasteiger partial charge in [0, 0.05) is 34.9 Å². The highest BCUT2D eigenvalue weighted by atomic mass is 32.2. The molecule has 0 aromatic carbocycles. The van der Waals surface area contributed by atoms with Crippen LogP contribution >= 0.6 is 34.4 Å². The Hall–Kier alpha value is -0.430. The first kappa shape index (κ1) is 12.0. The van der Waals surface area contributed by atoms with Gasteiger partial charge in [0.25, 0.3) is 0 Å². The lowest BCUT2D eigenvalue weighted by Crippen LogP contribution is -2.14. The maximum atomic E-state index is 4.23. The molecule has 2 heterocycles. The fourth-order valence-corrected chi connectivity index (χ4v) is 3.39. The van der Waals surface area contributed by atoms with E-state index in [2.05, 4.69) is 15.3 Å². The molecule has 0 fully saturated rings. The summed E-state index contributed by atoms with van der Waals surface area (Å²) in [6.07, 6.45) is 4.94. The van der Waals surface area contributed by atoms with Crippen molar-refractivity contribution in [1.82, 2.24) is 15.3 Å². The molecule has 0 atom stereocenters. The van der Waals surface area contributed by atoms with Crippen LogP contribution in [-0.2, 0) is 6.54 Å². The molecule has 0 saturated heterocycles. The minimum absolute atomic E-state index is 0.937. The van der Waals surface area contributed by atoms with E-state index in [0.717, 1.165) is 18.8 Å². The van der Waals surface area contributed by atoms with Gasteiger partial charge < -0.3 is 5.32 Å². The number of hydrogen-bond acceptors (Lipinski definition) is 6. The zero-order valence-corrected chi connectivity index (χ0v) is 11.2. The summed E-state index contributed by atoms with van der Waals surface area (Å²) >= 11 is 5.24. The minimum atomic E-state index is 0.937. The maximum absolute atomic E-state index is 4.23. The van der Waals surface area contributed by atoms with Crippen molar-refractivity contribution in [1.29, 1.82) is 0 Å². The molecule has 0 spiro atoms. The van der Waals surface area contributed by atoms with E-state index >= 15 is 0 Å². The number of nitrogens with one attached hydrogen (secondary N) is 1. The number of aromatic nitrogens is 2. The van der Waals surface area contributed by atoms with Crippen molar-refractivity contribution >= 4 is 34.4 Å². The summed E-state index contributed by atoms with van der Waals surface area (Å²) < 4.78 is 1.17. The van der Waals surface area contributed by atoms with Gasteiger partial charge in [-0.05, 0) is 13.0 Å². The van der Waals surface area contributed by atoms with Crippen LogP contribution in [0.4, 0.5) is 0 Å². The van der Waals surface area contributed by atoms with Crippen LogP contribution in [0.15, 0.2) is 27.6 Å². The summed E-state index contributed by atoms with van der Waals surface area (Å²) in [5, 5.41) is 5.43. The molecule has 0 saturated carbocycles. The fraction of sp³-hybridized carbons (Fsp3) is 0.400. The van der Waals surface area contributed by atoms with Gasteiger partial charge in [-0.25, -0.2) is 4.98 Å². The van der Waals surface area contributed by atoms with Crippen LogP contribution < -0.4 is 5.32 Å². The second-order valence-corrected chi connectivity index (χ2v) is 6.35. The summed E-state index contributed by atoms with van der Waals surface area (Å²) in [5.41, 5.74) is 1.87. The Morgan fingerprint density at radius 2 is 2.38 bits per heavy atom. The lowest BCUT2D eigenvalue weighted by atomic mass is 10.4. The van der Waals surface area contributed by atoms with E-state index in [0.29, 0.717) is 0 Å². The van der Waals surface area contributed by atoms with E-state index in [1.165, 1.54) is 15.6 Å². The second-order valence-electron chi connectivity index (χ2n) is 3.14. The molecule has 16 heavy (non-hydrogen) atoms. The van der Waals surface area contributed by atoms with Crippen LogP contribution in [0.2, 0.25) is 0 Å². The molecule has 0 aliphatic rings. The topological polar surface area (TPSA) is 37.8 Å². The van der Waals surface area contributed by atoms with Gasteiger partial charge in [0.05, 0.1) is 5.51 Å². The van der Waals surface area contributed by atoms with Gasteiger partial charge in [0.2, 0.25) is 0 Å². The number of hydrogen-bond donors (Lipinski definition) is 1. The SMILES string of the molecule is c1csc(SCCCNCc2cncs2)n1. The van der Waals surface area contributed by atoms with Gasteiger partial charge >= 0.3 is 0 Å². The third-order valence-corrected chi connectivity index (χ3v) is 4.75. The Labute approximate surface area is 107 Å². The monoisotopic (exact) mass is 271 g/mol. The molecule has 86 valence electrons. The normalized spacial score (nSPS) is 10.8. The molecule has 0 unspecified atom stereocenters. The van der Waals surface area contributed by atoms with E-state index < -0.39 is 0 Å². The second kappa shape index (κ2) is 7.01. The zero-order valence-electron chi connectivity index (χ0n) is 8.76. The van der Waals surface area contributed by atoms with Crippen LogP contribution in [0.1, 0.15) is 11.3 Å². The molecule has 0 aliphatic carbocycles. The van der Waals surface area contributed by atoms with Crippen molar-refractivity contribution in [3.05, 3.63) is 28.2 Å². The van der Waals surface area contributed by atoms with E-state index in [4.69, 9.17) is 0 Å². The molecule has 2 aromatic rings. The molecule has 2 aromatic heterocycles. The molecule has 0 radical (unpaired) electrons. The maximum Gasteiger partial charge on any atom is 0.149 e. The van der Waals surface area contributed by atoms with Gasteiger partial charge in [-0.1, -0.05) is 11.8 Å². The molecular formula is C10H13N3S3. The summed E-state index contributed by atoms with van der Waals surface area (Å²) in [5.74, 6) is 1.13. The standard InChI is InChI=1S/C10H13N3S3/c1(4-14-10-13-3-5-15-10)2-11-6-9-7-12-8-16-9/h3,5,7-8,11H,1-2,4,6H2. The first-order chi connectivity index (χ1) is 7.95. The molecule has 6 heteroatoms.